The van der Waals surface area contributed by atoms with Gasteiger partial charge in [-0.1, -0.05) is 0 Å². The van der Waals surface area contributed by atoms with Gasteiger partial charge < -0.3 is 14.0 Å². The van der Waals surface area contributed by atoms with Gasteiger partial charge in [0.15, 0.2) is 11.6 Å². The summed E-state index contributed by atoms with van der Waals surface area (Å²) in [5, 5.41) is 0. The van der Waals surface area contributed by atoms with Gasteiger partial charge in [0.2, 0.25) is 0 Å². The molecule has 4 nitrogen and oxygen atoms in total. The molecule has 0 amide bonds. The Morgan fingerprint density at radius 3 is 2.35 bits per heavy atom. The zero-order chi connectivity index (χ0) is 14.5. The molecule has 2 heterocycles. The van der Waals surface area contributed by atoms with Crippen LogP contribution in [0.3, 0.4) is 0 Å². The SMILES string of the molecule is CC1(C)OB(c2cc(F)c(OC3CC3)cn2)OC1(C)C. The third-order valence-electron chi connectivity index (χ3n) is 4.15. The van der Waals surface area contributed by atoms with Gasteiger partial charge in [0.1, 0.15) is 0 Å². The van der Waals surface area contributed by atoms with Gasteiger partial charge in [-0.2, -0.15) is 0 Å². The van der Waals surface area contributed by atoms with Crippen molar-refractivity contribution in [2.24, 2.45) is 0 Å². The first-order chi connectivity index (χ1) is 9.28. The van der Waals surface area contributed by atoms with Crippen molar-refractivity contribution in [3.8, 4) is 5.75 Å². The fraction of sp³-hybridized carbons (Fsp3) is 0.643. The molecular weight excluding hydrogens is 260 g/mol. The van der Waals surface area contributed by atoms with Crippen LogP contribution in [-0.4, -0.2) is 29.4 Å². The molecule has 0 radical (unpaired) electrons. The number of halogens is 1. The Balaban J connectivity index is 1.79. The van der Waals surface area contributed by atoms with Crippen molar-refractivity contribution in [3.63, 3.8) is 0 Å². The standard InChI is InChI=1S/C14H19BFNO3/c1-13(2)14(3,4)20-15(19-13)12-7-10(16)11(8-17-12)18-9-5-6-9/h7-9H,5-6H2,1-4H3. The Morgan fingerprint density at radius 2 is 1.85 bits per heavy atom. The number of nitrogens with zero attached hydrogens (tertiary/aromatic N) is 1. The molecule has 1 saturated carbocycles. The summed E-state index contributed by atoms with van der Waals surface area (Å²) in [5.41, 5.74) is -0.484. The Hall–Kier alpha value is -1.14. The number of ether oxygens (including phenoxy) is 1. The van der Waals surface area contributed by atoms with E-state index in [1.165, 1.54) is 12.3 Å². The highest BCUT2D eigenvalue weighted by Gasteiger charge is 2.52. The number of rotatable bonds is 3. The highest BCUT2D eigenvalue weighted by Crippen LogP contribution is 2.36. The van der Waals surface area contributed by atoms with Crippen LogP contribution in [0.25, 0.3) is 0 Å². The first-order valence-corrected chi connectivity index (χ1v) is 6.96. The minimum atomic E-state index is -0.649. The number of pyridine rings is 1. The molecule has 0 unspecified atom stereocenters. The maximum Gasteiger partial charge on any atom is 0.514 e. The van der Waals surface area contributed by atoms with Crippen LogP contribution in [0, 0.1) is 5.82 Å². The van der Waals surface area contributed by atoms with Gasteiger partial charge >= 0.3 is 7.12 Å². The van der Waals surface area contributed by atoms with Crippen LogP contribution in [0.15, 0.2) is 12.3 Å². The van der Waals surface area contributed by atoms with Crippen LogP contribution in [0.2, 0.25) is 0 Å². The Bertz CT molecular complexity index is 515. The normalized spacial score (nSPS) is 23.9. The van der Waals surface area contributed by atoms with Crippen molar-refractivity contribution < 1.29 is 18.4 Å². The maximum absolute atomic E-state index is 14.0. The predicted molar refractivity (Wildman–Crippen MR) is 73.6 cm³/mol. The van der Waals surface area contributed by atoms with Gasteiger partial charge in [0.05, 0.1) is 29.1 Å². The van der Waals surface area contributed by atoms with E-state index in [9.17, 15) is 4.39 Å². The van der Waals surface area contributed by atoms with Crippen molar-refractivity contribution in [2.45, 2.75) is 57.8 Å². The zero-order valence-electron chi connectivity index (χ0n) is 12.3. The van der Waals surface area contributed by atoms with E-state index in [4.69, 9.17) is 14.0 Å². The van der Waals surface area contributed by atoms with Crippen molar-refractivity contribution in [3.05, 3.63) is 18.1 Å². The molecule has 1 aliphatic carbocycles. The molecule has 108 valence electrons. The molecule has 0 spiro atoms. The predicted octanol–water partition coefficient (Wildman–Crippen LogP) is 2.06. The van der Waals surface area contributed by atoms with Crippen molar-refractivity contribution >= 4 is 12.7 Å². The molecule has 0 N–H and O–H groups in total. The van der Waals surface area contributed by atoms with E-state index in [1.54, 1.807) is 0 Å². The summed E-state index contributed by atoms with van der Waals surface area (Å²) in [4.78, 5) is 4.22. The van der Waals surface area contributed by atoms with E-state index in [2.05, 4.69) is 4.98 Å². The zero-order valence-corrected chi connectivity index (χ0v) is 12.3. The highest BCUT2D eigenvalue weighted by molar-refractivity contribution is 6.61. The molecule has 1 saturated heterocycles. The molecule has 6 heteroatoms. The smallest absolute Gasteiger partial charge is 0.486 e. The molecule has 2 aliphatic rings. The van der Waals surface area contributed by atoms with E-state index >= 15 is 0 Å². The molecule has 1 aromatic rings. The van der Waals surface area contributed by atoms with E-state index < -0.39 is 24.1 Å². The first kappa shape index (κ1) is 13.8. The second-order valence-electron chi connectivity index (χ2n) is 6.45. The summed E-state index contributed by atoms with van der Waals surface area (Å²) in [7, 11) is -0.649. The fourth-order valence-electron chi connectivity index (χ4n) is 1.98. The lowest BCUT2D eigenvalue weighted by Crippen LogP contribution is -2.41. The van der Waals surface area contributed by atoms with Crippen LogP contribution in [0.4, 0.5) is 4.39 Å². The largest absolute Gasteiger partial charge is 0.514 e. The topological polar surface area (TPSA) is 40.6 Å². The molecule has 0 atom stereocenters. The monoisotopic (exact) mass is 279 g/mol. The maximum atomic E-state index is 14.0. The van der Waals surface area contributed by atoms with Gasteiger partial charge in [-0.3, -0.25) is 4.98 Å². The minimum absolute atomic E-state index is 0.147. The molecule has 1 aliphatic heterocycles. The summed E-state index contributed by atoms with van der Waals surface area (Å²) in [5.74, 6) is -0.218. The van der Waals surface area contributed by atoms with Gasteiger partial charge in [-0.15, -0.1) is 0 Å². The van der Waals surface area contributed by atoms with Gasteiger partial charge in [-0.25, -0.2) is 4.39 Å². The summed E-state index contributed by atoms with van der Waals surface area (Å²) < 4.78 is 31.1. The van der Waals surface area contributed by atoms with Crippen LogP contribution >= 0.6 is 0 Å². The fourth-order valence-corrected chi connectivity index (χ4v) is 1.98. The lowest BCUT2D eigenvalue weighted by Gasteiger charge is -2.32. The molecular formula is C14H19BFNO3. The van der Waals surface area contributed by atoms with E-state index in [0.29, 0.717) is 5.59 Å². The second-order valence-corrected chi connectivity index (χ2v) is 6.45. The quantitative estimate of drug-likeness (QED) is 0.794. The second kappa shape index (κ2) is 4.43. The third-order valence-corrected chi connectivity index (χ3v) is 4.15. The van der Waals surface area contributed by atoms with E-state index in [1.807, 2.05) is 27.7 Å². The van der Waals surface area contributed by atoms with Crippen LogP contribution in [-0.2, 0) is 9.31 Å². The number of aromatic nitrogens is 1. The summed E-state index contributed by atoms with van der Waals surface area (Å²) in [6, 6.07) is 1.33. The molecule has 0 aromatic carbocycles. The Morgan fingerprint density at radius 1 is 1.25 bits per heavy atom. The van der Waals surface area contributed by atoms with Crippen LogP contribution in [0.5, 0.6) is 5.75 Å². The average Bonchev–Trinajstić information content (AvgIpc) is 3.10. The third kappa shape index (κ3) is 2.42. The molecule has 20 heavy (non-hydrogen) atoms. The summed E-state index contributed by atoms with van der Waals surface area (Å²) in [6.07, 6.45) is 3.53. The number of hydrogen-bond donors (Lipinski definition) is 0. The summed E-state index contributed by atoms with van der Waals surface area (Å²) >= 11 is 0. The molecule has 2 fully saturated rings. The highest BCUT2D eigenvalue weighted by atomic mass is 19.1. The lowest BCUT2D eigenvalue weighted by atomic mass is 9.84. The Kier molecular flexibility index (Phi) is 3.06. The van der Waals surface area contributed by atoms with E-state index in [-0.39, 0.29) is 11.9 Å². The Labute approximate surface area is 118 Å². The molecule has 0 bridgehead atoms. The van der Waals surface area contributed by atoms with Crippen LogP contribution in [0.1, 0.15) is 40.5 Å². The lowest BCUT2D eigenvalue weighted by molar-refractivity contribution is 0.00578. The van der Waals surface area contributed by atoms with Crippen molar-refractivity contribution in [2.75, 3.05) is 0 Å². The average molecular weight is 279 g/mol. The van der Waals surface area contributed by atoms with E-state index in [0.717, 1.165) is 12.8 Å². The van der Waals surface area contributed by atoms with Crippen LogP contribution < -0.4 is 10.3 Å². The molecule has 3 rings (SSSR count). The van der Waals surface area contributed by atoms with Gasteiger partial charge in [-0.05, 0) is 46.6 Å². The summed E-state index contributed by atoms with van der Waals surface area (Å²) in [6.45, 7) is 7.81. The molecule has 1 aromatic heterocycles. The van der Waals surface area contributed by atoms with Crippen molar-refractivity contribution in [1.29, 1.82) is 0 Å². The minimum Gasteiger partial charge on any atom is -0.486 e. The van der Waals surface area contributed by atoms with Gasteiger partial charge in [0, 0.05) is 0 Å². The first-order valence-electron chi connectivity index (χ1n) is 6.96. The number of hydrogen-bond acceptors (Lipinski definition) is 4. The van der Waals surface area contributed by atoms with Gasteiger partial charge in [0.25, 0.3) is 0 Å². The van der Waals surface area contributed by atoms with Crippen molar-refractivity contribution in [1.82, 2.24) is 4.98 Å².